The molecule has 1 heterocycles. The van der Waals surface area contributed by atoms with E-state index in [1.807, 2.05) is 36.4 Å². The van der Waals surface area contributed by atoms with E-state index in [0.717, 1.165) is 46.0 Å². The molecule has 3 aromatic rings. The van der Waals surface area contributed by atoms with E-state index in [-0.39, 0.29) is 0 Å². The third-order valence-corrected chi connectivity index (χ3v) is 4.26. The smallest absolute Gasteiger partial charge is 0.138 e. The lowest BCUT2D eigenvalue weighted by molar-refractivity contribution is 0.851. The average molecular weight is 310 g/mol. The predicted octanol–water partition coefficient (Wildman–Crippen LogP) is 5.20. The Morgan fingerprint density at radius 2 is 1.82 bits per heavy atom. The summed E-state index contributed by atoms with van der Waals surface area (Å²) in [6.07, 6.45) is 0. The van der Waals surface area contributed by atoms with Crippen LogP contribution in [0.2, 0.25) is 5.02 Å². The lowest BCUT2D eigenvalue weighted by Crippen LogP contribution is -2.24. The molecule has 0 amide bonds. The summed E-state index contributed by atoms with van der Waals surface area (Å²) in [6.45, 7) is 6.06. The maximum Gasteiger partial charge on any atom is 0.138 e. The molecule has 0 bridgehead atoms. The molecule has 3 heteroatoms. The molecule has 0 aliphatic rings. The number of hydrogen-bond acceptors (Lipinski definition) is 2. The highest BCUT2D eigenvalue weighted by Crippen LogP contribution is 2.39. The number of fused-ring (bicyclic) bond motifs is 1. The normalized spacial score (nSPS) is 10.9. The quantitative estimate of drug-likeness (QED) is 0.658. The van der Waals surface area contributed by atoms with Crippen molar-refractivity contribution in [1.29, 1.82) is 0 Å². The Hall–Kier alpha value is -2.06. The minimum absolute atomic E-state index is 0.745. The number of rotatable bonds is 4. The van der Waals surface area contributed by atoms with Crippen molar-refractivity contribution in [3.05, 3.63) is 59.6 Å². The molecule has 111 valence electrons. The fraction of sp³-hybridized carbons (Fsp3) is 0.211. The Morgan fingerprint density at radius 1 is 1.09 bits per heavy atom. The molecule has 1 radical (unpaired) electrons. The monoisotopic (exact) mass is 309 g/mol. The van der Waals surface area contributed by atoms with Gasteiger partial charge in [0, 0.05) is 24.0 Å². The third kappa shape index (κ3) is 2.55. The van der Waals surface area contributed by atoms with Crippen LogP contribution >= 0.6 is 11.6 Å². The van der Waals surface area contributed by atoms with Crippen molar-refractivity contribution >= 4 is 28.3 Å². The van der Waals surface area contributed by atoms with Crippen molar-refractivity contribution in [2.75, 3.05) is 18.0 Å². The van der Waals surface area contributed by atoms with Gasteiger partial charge in [0.1, 0.15) is 5.82 Å². The van der Waals surface area contributed by atoms with E-state index in [9.17, 15) is 0 Å². The topological polar surface area (TPSA) is 16.1 Å². The highest BCUT2D eigenvalue weighted by atomic mass is 35.5. The Morgan fingerprint density at radius 3 is 2.50 bits per heavy atom. The highest BCUT2D eigenvalue weighted by Gasteiger charge is 2.18. The number of benzene rings is 2. The second-order valence-electron chi connectivity index (χ2n) is 5.11. The number of hydrogen-bond donors (Lipinski definition) is 0. The van der Waals surface area contributed by atoms with Crippen LogP contribution in [-0.4, -0.2) is 18.1 Å². The third-order valence-electron chi connectivity index (χ3n) is 3.87. The molecule has 1 aromatic heterocycles. The lowest BCUT2D eigenvalue weighted by atomic mass is 10.0. The molecule has 2 nitrogen and oxygen atoms in total. The van der Waals surface area contributed by atoms with Crippen LogP contribution in [0.5, 0.6) is 0 Å². The van der Waals surface area contributed by atoms with Gasteiger partial charge >= 0.3 is 0 Å². The van der Waals surface area contributed by atoms with Gasteiger partial charge in [-0.05, 0) is 37.6 Å². The summed E-state index contributed by atoms with van der Waals surface area (Å²) in [5, 5.41) is 1.69. The average Bonchev–Trinajstić information content (AvgIpc) is 2.57. The summed E-state index contributed by atoms with van der Waals surface area (Å²) >= 11 is 6.75. The largest absolute Gasteiger partial charge is 0.357 e. The van der Waals surface area contributed by atoms with Gasteiger partial charge in [-0.3, -0.25) is 0 Å². The van der Waals surface area contributed by atoms with Gasteiger partial charge in [-0.2, -0.15) is 0 Å². The van der Waals surface area contributed by atoms with E-state index in [2.05, 4.69) is 36.9 Å². The van der Waals surface area contributed by atoms with Crippen molar-refractivity contribution in [1.82, 2.24) is 4.98 Å². The second kappa shape index (κ2) is 6.37. The van der Waals surface area contributed by atoms with Gasteiger partial charge in [0.15, 0.2) is 0 Å². The SMILES string of the molecule is CCN(CC)c1nc2cc[c]cc2c(Cl)c1-c1ccccc1. The van der Waals surface area contributed by atoms with E-state index in [1.165, 1.54) is 0 Å². The Labute approximate surface area is 136 Å². The fourth-order valence-corrected chi connectivity index (χ4v) is 3.06. The molecule has 2 aromatic carbocycles. The van der Waals surface area contributed by atoms with Gasteiger partial charge in [0.2, 0.25) is 0 Å². The Balaban J connectivity index is 2.36. The molecule has 0 spiro atoms. The van der Waals surface area contributed by atoms with Crippen LogP contribution in [-0.2, 0) is 0 Å². The van der Waals surface area contributed by atoms with Crippen LogP contribution in [0.3, 0.4) is 0 Å². The van der Waals surface area contributed by atoms with Crippen molar-refractivity contribution in [2.24, 2.45) is 0 Å². The number of halogens is 1. The first kappa shape index (κ1) is 14.9. The van der Waals surface area contributed by atoms with Gasteiger partial charge in [0.05, 0.1) is 10.5 Å². The van der Waals surface area contributed by atoms with Gasteiger partial charge in [0.25, 0.3) is 0 Å². The number of nitrogens with zero attached hydrogens (tertiary/aromatic N) is 2. The van der Waals surface area contributed by atoms with Crippen LogP contribution in [0.15, 0.2) is 48.5 Å². The molecule has 22 heavy (non-hydrogen) atoms. The maximum atomic E-state index is 6.75. The molecule has 0 aliphatic carbocycles. The van der Waals surface area contributed by atoms with Crippen molar-refractivity contribution in [3.63, 3.8) is 0 Å². The van der Waals surface area contributed by atoms with E-state index in [4.69, 9.17) is 16.6 Å². The summed E-state index contributed by atoms with van der Waals surface area (Å²) in [5.41, 5.74) is 3.00. The molecule has 0 atom stereocenters. The summed E-state index contributed by atoms with van der Waals surface area (Å²) in [6, 6.07) is 19.1. The fourth-order valence-electron chi connectivity index (χ4n) is 2.71. The second-order valence-corrected chi connectivity index (χ2v) is 5.48. The van der Waals surface area contributed by atoms with Crippen LogP contribution in [0, 0.1) is 6.07 Å². The van der Waals surface area contributed by atoms with Gasteiger partial charge in [-0.15, -0.1) is 0 Å². The van der Waals surface area contributed by atoms with Gasteiger partial charge in [-0.1, -0.05) is 48.0 Å². The minimum Gasteiger partial charge on any atom is -0.357 e. The van der Waals surface area contributed by atoms with Crippen LogP contribution in [0.25, 0.3) is 22.0 Å². The van der Waals surface area contributed by atoms with Crippen molar-refractivity contribution in [3.8, 4) is 11.1 Å². The zero-order valence-corrected chi connectivity index (χ0v) is 13.6. The first-order valence-corrected chi connectivity index (χ1v) is 7.93. The number of anilines is 1. The van der Waals surface area contributed by atoms with E-state index >= 15 is 0 Å². The molecular weight excluding hydrogens is 292 g/mol. The van der Waals surface area contributed by atoms with Crippen LogP contribution in [0.4, 0.5) is 5.82 Å². The summed E-state index contributed by atoms with van der Waals surface area (Å²) < 4.78 is 0. The molecule has 0 unspecified atom stereocenters. The minimum atomic E-state index is 0.745. The van der Waals surface area contributed by atoms with E-state index < -0.39 is 0 Å². The van der Waals surface area contributed by atoms with Gasteiger partial charge < -0.3 is 4.90 Å². The highest BCUT2D eigenvalue weighted by molar-refractivity contribution is 6.38. The molecule has 3 rings (SSSR count). The molecule has 0 N–H and O–H groups in total. The first-order valence-electron chi connectivity index (χ1n) is 7.56. The lowest BCUT2D eigenvalue weighted by Gasteiger charge is -2.24. The summed E-state index contributed by atoms with van der Waals surface area (Å²) in [4.78, 5) is 7.12. The molecule has 0 fully saturated rings. The maximum absolute atomic E-state index is 6.75. The van der Waals surface area contributed by atoms with Crippen LogP contribution < -0.4 is 4.90 Å². The Bertz CT molecular complexity index is 780. The van der Waals surface area contributed by atoms with Crippen molar-refractivity contribution < 1.29 is 0 Å². The summed E-state index contributed by atoms with van der Waals surface area (Å²) in [7, 11) is 0. The molecule has 0 aliphatic heterocycles. The summed E-state index contributed by atoms with van der Waals surface area (Å²) in [5.74, 6) is 0.944. The van der Waals surface area contributed by atoms with Crippen LogP contribution in [0.1, 0.15) is 13.8 Å². The molecule has 0 saturated heterocycles. The van der Waals surface area contributed by atoms with Crippen molar-refractivity contribution in [2.45, 2.75) is 13.8 Å². The zero-order chi connectivity index (χ0) is 15.5. The number of aromatic nitrogens is 1. The van der Waals surface area contributed by atoms with Gasteiger partial charge in [-0.25, -0.2) is 4.98 Å². The molecule has 0 saturated carbocycles. The predicted molar refractivity (Wildman–Crippen MR) is 94.6 cm³/mol. The molecular formula is C19H18ClN2. The zero-order valence-electron chi connectivity index (χ0n) is 12.8. The first-order chi connectivity index (χ1) is 10.8. The Kier molecular flexibility index (Phi) is 4.30. The van der Waals surface area contributed by atoms with E-state index in [0.29, 0.717) is 0 Å². The number of pyridine rings is 1. The van der Waals surface area contributed by atoms with E-state index in [1.54, 1.807) is 0 Å². The standard InChI is InChI=1S/C19H18ClN2/c1-3-22(4-2)19-17(14-10-6-5-7-11-14)18(20)15-12-8-9-13-16(15)21-19/h5-7,9-13H,3-4H2,1-2H3.